The molecule has 0 spiro atoms. The molecule has 0 N–H and O–H groups in total. The summed E-state index contributed by atoms with van der Waals surface area (Å²) in [6.07, 6.45) is 1.30. The first-order valence-corrected chi connectivity index (χ1v) is 11.4. The van der Waals surface area contributed by atoms with Gasteiger partial charge in [-0.25, -0.2) is 28.7 Å². The van der Waals surface area contributed by atoms with E-state index in [0.29, 0.717) is 24.5 Å². The van der Waals surface area contributed by atoms with Gasteiger partial charge in [0.05, 0.1) is 17.7 Å². The quantitative estimate of drug-likeness (QED) is 0.461. The van der Waals surface area contributed by atoms with Crippen LogP contribution in [0.25, 0.3) is 11.4 Å². The van der Waals surface area contributed by atoms with Gasteiger partial charge in [-0.1, -0.05) is 6.92 Å². The van der Waals surface area contributed by atoms with Crippen LogP contribution in [0.2, 0.25) is 0 Å². The molecule has 192 valence electrons. The maximum atomic E-state index is 14.6. The van der Waals surface area contributed by atoms with Crippen molar-refractivity contribution in [2.45, 2.75) is 57.8 Å². The molecular formula is C23H24F5N7O. The topological polar surface area (TPSA) is 89.7 Å². The highest BCUT2D eigenvalue weighted by molar-refractivity contribution is 5.98. The lowest BCUT2D eigenvalue weighted by molar-refractivity contribution is -0.138. The van der Waals surface area contributed by atoms with Crippen molar-refractivity contribution in [3.8, 4) is 11.4 Å². The smallest absolute Gasteiger partial charge is 0.328 e. The van der Waals surface area contributed by atoms with E-state index in [1.807, 2.05) is 6.92 Å². The van der Waals surface area contributed by atoms with Crippen LogP contribution in [0.15, 0.2) is 37.1 Å². The summed E-state index contributed by atoms with van der Waals surface area (Å²) in [5.41, 5.74) is -0.687. The predicted octanol–water partition coefficient (Wildman–Crippen LogP) is 4.29. The maximum absolute atomic E-state index is 14.6. The summed E-state index contributed by atoms with van der Waals surface area (Å²) in [6.45, 7) is 3.08. The Bertz CT molecular complexity index is 1200. The van der Waals surface area contributed by atoms with Gasteiger partial charge in [-0.2, -0.15) is 18.3 Å². The molecular weight excluding hydrogens is 485 g/mol. The molecule has 1 aliphatic rings. The Kier molecular flexibility index (Phi) is 7.01. The summed E-state index contributed by atoms with van der Waals surface area (Å²) in [5.74, 6) is -4.00. The van der Waals surface area contributed by atoms with Crippen molar-refractivity contribution in [3.63, 3.8) is 0 Å². The van der Waals surface area contributed by atoms with Crippen molar-refractivity contribution >= 4 is 5.91 Å². The summed E-state index contributed by atoms with van der Waals surface area (Å²) >= 11 is 0. The third kappa shape index (κ3) is 5.49. The highest BCUT2D eigenvalue weighted by atomic mass is 19.4. The minimum absolute atomic E-state index is 0.0382. The molecule has 1 amide bonds. The van der Waals surface area contributed by atoms with Crippen LogP contribution in [-0.4, -0.2) is 59.0 Å². The van der Waals surface area contributed by atoms with Gasteiger partial charge < -0.3 is 4.90 Å². The molecule has 8 nitrogen and oxygen atoms in total. The molecule has 3 aromatic heterocycles. The zero-order valence-corrected chi connectivity index (χ0v) is 19.6. The number of hydrogen-bond acceptors (Lipinski definition) is 6. The molecule has 4 rings (SSSR count). The van der Waals surface area contributed by atoms with Crippen LogP contribution >= 0.6 is 0 Å². The van der Waals surface area contributed by atoms with Crippen LogP contribution in [0.5, 0.6) is 0 Å². The molecule has 1 saturated heterocycles. The molecule has 0 bridgehead atoms. The van der Waals surface area contributed by atoms with E-state index in [2.05, 4.69) is 25.0 Å². The SMILES string of the molecule is CCn1cc(-c2ncccn2)c(C(=O)N2CC(F)(F)C[C@@H](C)[C@H]2CCc2ncc(C(F)(F)F)cn2)n1. The Morgan fingerprint density at radius 2 is 1.81 bits per heavy atom. The molecule has 0 aliphatic carbocycles. The number of hydrogen-bond donors (Lipinski definition) is 0. The van der Waals surface area contributed by atoms with Crippen LogP contribution in [0.4, 0.5) is 22.0 Å². The molecule has 0 unspecified atom stereocenters. The minimum Gasteiger partial charge on any atom is -0.328 e. The number of likely N-dealkylation sites (tertiary alicyclic amines) is 1. The van der Waals surface area contributed by atoms with Crippen molar-refractivity contribution in [2.75, 3.05) is 6.54 Å². The summed E-state index contributed by atoms with van der Waals surface area (Å²) in [6, 6.07) is 0.987. The third-order valence-electron chi connectivity index (χ3n) is 6.13. The van der Waals surface area contributed by atoms with E-state index in [1.165, 1.54) is 17.1 Å². The van der Waals surface area contributed by atoms with Crippen molar-refractivity contribution in [2.24, 2.45) is 5.92 Å². The van der Waals surface area contributed by atoms with Crippen molar-refractivity contribution in [1.82, 2.24) is 34.6 Å². The van der Waals surface area contributed by atoms with Gasteiger partial charge in [0, 0.05) is 56.4 Å². The number of carbonyl (C=O) groups is 1. The maximum Gasteiger partial charge on any atom is 0.419 e. The molecule has 3 aromatic rings. The number of aromatic nitrogens is 6. The lowest BCUT2D eigenvalue weighted by atomic mass is 9.85. The Morgan fingerprint density at radius 3 is 2.42 bits per heavy atom. The fourth-order valence-electron chi connectivity index (χ4n) is 4.39. The van der Waals surface area contributed by atoms with Gasteiger partial charge in [0.25, 0.3) is 11.8 Å². The largest absolute Gasteiger partial charge is 0.419 e. The molecule has 2 atom stereocenters. The van der Waals surface area contributed by atoms with Gasteiger partial charge in [0.2, 0.25) is 0 Å². The predicted molar refractivity (Wildman–Crippen MR) is 118 cm³/mol. The summed E-state index contributed by atoms with van der Waals surface area (Å²) < 4.78 is 69.1. The van der Waals surface area contributed by atoms with Gasteiger partial charge in [0.1, 0.15) is 5.82 Å². The monoisotopic (exact) mass is 509 g/mol. The van der Waals surface area contributed by atoms with Gasteiger partial charge in [-0.15, -0.1) is 0 Å². The van der Waals surface area contributed by atoms with Crippen molar-refractivity contribution in [3.05, 3.63) is 54.1 Å². The van der Waals surface area contributed by atoms with Crippen LogP contribution in [0.3, 0.4) is 0 Å². The van der Waals surface area contributed by atoms with E-state index in [9.17, 15) is 26.7 Å². The van der Waals surface area contributed by atoms with E-state index in [4.69, 9.17) is 0 Å². The summed E-state index contributed by atoms with van der Waals surface area (Å²) in [4.78, 5) is 30.6. The summed E-state index contributed by atoms with van der Waals surface area (Å²) in [5, 5.41) is 4.31. The molecule has 4 heterocycles. The van der Waals surface area contributed by atoms with E-state index in [-0.39, 0.29) is 30.2 Å². The van der Waals surface area contributed by atoms with Gasteiger partial charge >= 0.3 is 6.18 Å². The first kappa shape index (κ1) is 25.6. The lowest BCUT2D eigenvalue weighted by Crippen LogP contribution is -2.55. The number of rotatable bonds is 6. The van der Waals surface area contributed by atoms with Crippen molar-refractivity contribution in [1.29, 1.82) is 0 Å². The van der Waals surface area contributed by atoms with E-state index < -0.39 is 48.5 Å². The van der Waals surface area contributed by atoms with E-state index >= 15 is 0 Å². The van der Waals surface area contributed by atoms with Gasteiger partial charge in [-0.3, -0.25) is 9.48 Å². The zero-order valence-electron chi connectivity index (χ0n) is 19.6. The molecule has 0 saturated carbocycles. The second kappa shape index (κ2) is 9.86. The van der Waals surface area contributed by atoms with E-state index in [0.717, 1.165) is 4.90 Å². The number of alkyl halides is 5. The third-order valence-corrected chi connectivity index (χ3v) is 6.13. The normalized spacial score (nSPS) is 19.9. The number of piperidine rings is 1. The van der Waals surface area contributed by atoms with Crippen LogP contribution < -0.4 is 0 Å². The van der Waals surface area contributed by atoms with Crippen LogP contribution in [0.1, 0.15) is 48.6 Å². The Morgan fingerprint density at radius 1 is 1.14 bits per heavy atom. The zero-order chi connectivity index (χ0) is 26.1. The average molecular weight is 509 g/mol. The Hall–Kier alpha value is -3.51. The number of nitrogens with zero attached hydrogens (tertiary/aromatic N) is 7. The molecule has 0 radical (unpaired) electrons. The van der Waals surface area contributed by atoms with Gasteiger partial charge in [-0.05, 0) is 25.3 Å². The van der Waals surface area contributed by atoms with Crippen LogP contribution in [-0.2, 0) is 19.1 Å². The first-order valence-electron chi connectivity index (χ1n) is 11.4. The second-order valence-corrected chi connectivity index (χ2v) is 8.78. The minimum atomic E-state index is -4.56. The second-order valence-electron chi connectivity index (χ2n) is 8.78. The average Bonchev–Trinajstić information content (AvgIpc) is 3.27. The first-order chi connectivity index (χ1) is 17.0. The highest BCUT2D eigenvalue weighted by Gasteiger charge is 2.46. The number of aryl methyl sites for hydroxylation is 2. The molecule has 0 aromatic carbocycles. The lowest BCUT2D eigenvalue weighted by Gasteiger charge is -2.43. The standard InChI is InChI=1S/C23H24F5N7O/c1-3-34-12-16(20-29-7-4-8-30-20)19(33-34)21(36)35-13-22(24,25)9-14(2)17(35)5-6-18-31-10-15(11-32-18)23(26,27)28/h4,7-8,10-12,14,17H,3,5-6,9,13H2,1-2H3/t14-,17-/m1/s1. The van der Waals surface area contributed by atoms with Crippen LogP contribution in [0, 0.1) is 5.92 Å². The summed E-state index contributed by atoms with van der Waals surface area (Å²) in [7, 11) is 0. The number of halogens is 5. The number of carbonyl (C=O) groups excluding carboxylic acids is 1. The fourth-order valence-corrected chi connectivity index (χ4v) is 4.39. The Labute approximate surface area is 203 Å². The van der Waals surface area contributed by atoms with Crippen molar-refractivity contribution < 1.29 is 26.7 Å². The molecule has 1 fully saturated rings. The van der Waals surface area contributed by atoms with Gasteiger partial charge in [0.15, 0.2) is 11.5 Å². The molecule has 13 heteroatoms. The Balaban J connectivity index is 1.61. The highest BCUT2D eigenvalue weighted by Crippen LogP contribution is 2.37. The number of amides is 1. The molecule has 36 heavy (non-hydrogen) atoms. The fraction of sp³-hybridized carbons (Fsp3) is 0.478. The van der Waals surface area contributed by atoms with E-state index in [1.54, 1.807) is 19.2 Å². The molecule has 1 aliphatic heterocycles.